The van der Waals surface area contributed by atoms with E-state index in [-0.39, 0.29) is 12.5 Å². The largest absolute Gasteiger partial charge is 0.416 e. The minimum absolute atomic E-state index is 0.0124. The third kappa shape index (κ3) is 3.79. The molecule has 0 spiro atoms. The molecule has 0 saturated carbocycles. The lowest BCUT2D eigenvalue weighted by Gasteiger charge is -2.11. The number of carbonyl (C=O) groups is 1. The van der Waals surface area contributed by atoms with Crippen molar-refractivity contribution in [2.24, 2.45) is 0 Å². The SMILES string of the molecule is Cc1cc(C(=O)NCc2cccc(C(F)(F)F)c2)c2ccccc2n1. The van der Waals surface area contributed by atoms with Gasteiger partial charge < -0.3 is 5.32 Å². The molecular weight excluding hydrogens is 329 g/mol. The lowest BCUT2D eigenvalue weighted by Crippen LogP contribution is -2.23. The summed E-state index contributed by atoms with van der Waals surface area (Å²) in [5.41, 5.74) is 1.51. The minimum Gasteiger partial charge on any atom is -0.348 e. The lowest BCUT2D eigenvalue weighted by atomic mass is 10.1. The van der Waals surface area contributed by atoms with E-state index in [9.17, 15) is 18.0 Å². The van der Waals surface area contributed by atoms with E-state index in [4.69, 9.17) is 0 Å². The Hall–Kier alpha value is -2.89. The van der Waals surface area contributed by atoms with Crippen LogP contribution in [0.25, 0.3) is 10.9 Å². The second-order valence-corrected chi connectivity index (χ2v) is 5.71. The van der Waals surface area contributed by atoms with E-state index in [1.165, 1.54) is 6.07 Å². The number of hydrogen-bond acceptors (Lipinski definition) is 2. The Labute approximate surface area is 142 Å². The van der Waals surface area contributed by atoms with Crippen LogP contribution in [0, 0.1) is 6.92 Å². The first kappa shape index (κ1) is 17.0. The fraction of sp³-hybridized carbons (Fsp3) is 0.158. The molecule has 3 aromatic rings. The molecule has 2 aromatic carbocycles. The van der Waals surface area contributed by atoms with E-state index >= 15 is 0 Å². The molecule has 1 N–H and O–H groups in total. The zero-order valence-corrected chi connectivity index (χ0v) is 13.4. The highest BCUT2D eigenvalue weighted by Gasteiger charge is 2.30. The molecule has 3 rings (SSSR count). The number of para-hydroxylation sites is 1. The highest BCUT2D eigenvalue weighted by Crippen LogP contribution is 2.29. The average Bonchev–Trinajstić information content (AvgIpc) is 2.58. The number of aryl methyl sites for hydroxylation is 1. The van der Waals surface area contributed by atoms with E-state index < -0.39 is 11.7 Å². The zero-order chi connectivity index (χ0) is 18.0. The Morgan fingerprint density at radius 2 is 1.84 bits per heavy atom. The van der Waals surface area contributed by atoms with Gasteiger partial charge in [-0.05, 0) is 36.8 Å². The van der Waals surface area contributed by atoms with Crippen LogP contribution in [0.4, 0.5) is 13.2 Å². The molecule has 0 bridgehead atoms. The Morgan fingerprint density at radius 3 is 2.60 bits per heavy atom. The molecule has 0 radical (unpaired) electrons. The topological polar surface area (TPSA) is 42.0 Å². The van der Waals surface area contributed by atoms with Crippen molar-refractivity contribution in [2.45, 2.75) is 19.6 Å². The van der Waals surface area contributed by atoms with Gasteiger partial charge in [-0.2, -0.15) is 13.2 Å². The monoisotopic (exact) mass is 344 g/mol. The summed E-state index contributed by atoms with van der Waals surface area (Å²) < 4.78 is 38.3. The van der Waals surface area contributed by atoms with Crippen molar-refractivity contribution in [1.82, 2.24) is 10.3 Å². The lowest BCUT2D eigenvalue weighted by molar-refractivity contribution is -0.137. The number of nitrogens with one attached hydrogen (secondary N) is 1. The normalized spacial score (nSPS) is 11.5. The summed E-state index contributed by atoms with van der Waals surface area (Å²) >= 11 is 0. The number of rotatable bonds is 3. The minimum atomic E-state index is -4.40. The van der Waals surface area contributed by atoms with E-state index in [0.717, 1.165) is 12.1 Å². The number of nitrogens with zero attached hydrogens (tertiary/aromatic N) is 1. The molecule has 0 aliphatic carbocycles. The van der Waals surface area contributed by atoms with Gasteiger partial charge in [-0.3, -0.25) is 9.78 Å². The quantitative estimate of drug-likeness (QED) is 0.760. The number of fused-ring (bicyclic) bond motifs is 1. The van der Waals surface area contributed by atoms with Crippen LogP contribution in [-0.2, 0) is 12.7 Å². The first-order chi connectivity index (χ1) is 11.8. The van der Waals surface area contributed by atoms with Crippen LogP contribution >= 0.6 is 0 Å². The van der Waals surface area contributed by atoms with Gasteiger partial charge in [0.15, 0.2) is 0 Å². The van der Waals surface area contributed by atoms with Crippen LogP contribution in [0.1, 0.15) is 27.2 Å². The summed E-state index contributed by atoms with van der Waals surface area (Å²) in [6.45, 7) is 1.80. The summed E-state index contributed by atoms with van der Waals surface area (Å²) in [6.07, 6.45) is -4.40. The summed E-state index contributed by atoms with van der Waals surface area (Å²) in [7, 11) is 0. The standard InChI is InChI=1S/C19H15F3N2O/c1-12-9-16(15-7-2-3-8-17(15)24-12)18(25)23-11-13-5-4-6-14(10-13)19(20,21)22/h2-10H,11H2,1H3,(H,23,25). The molecule has 1 aromatic heterocycles. The van der Waals surface area contributed by atoms with E-state index in [1.54, 1.807) is 25.1 Å². The highest BCUT2D eigenvalue weighted by atomic mass is 19.4. The first-order valence-electron chi connectivity index (χ1n) is 7.65. The number of alkyl halides is 3. The predicted molar refractivity (Wildman–Crippen MR) is 89.1 cm³/mol. The van der Waals surface area contributed by atoms with Gasteiger partial charge in [0.05, 0.1) is 16.6 Å². The number of aromatic nitrogens is 1. The molecule has 0 unspecified atom stereocenters. The van der Waals surface area contributed by atoms with Gasteiger partial charge in [0.2, 0.25) is 0 Å². The second kappa shape index (κ2) is 6.55. The van der Waals surface area contributed by atoms with Crippen molar-refractivity contribution < 1.29 is 18.0 Å². The van der Waals surface area contributed by atoms with Crippen molar-refractivity contribution in [3.63, 3.8) is 0 Å². The van der Waals surface area contributed by atoms with Gasteiger partial charge in [-0.25, -0.2) is 0 Å². The molecule has 0 aliphatic heterocycles. The molecular formula is C19H15F3N2O. The molecule has 0 saturated heterocycles. The van der Waals surface area contributed by atoms with E-state index in [1.807, 2.05) is 18.2 Å². The van der Waals surface area contributed by atoms with E-state index in [2.05, 4.69) is 10.3 Å². The van der Waals surface area contributed by atoms with Crippen molar-refractivity contribution in [1.29, 1.82) is 0 Å². The number of benzene rings is 2. The van der Waals surface area contributed by atoms with Crippen LogP contribution in [0.15, 0.2) is 54.6 Å². The van der Waals surface area contributed by atoms with Gasteiger partial charge in [0.1, 0.15) is 0 Å². The molecule has 6 heteroatoms. The number of halogens is 3. The van der Waals surface area contributed by atoms with Gasteiger partial charge in [0.25, 0.3) is 5.91 Å². The highest BCUT2D eigenvalue weighted by molar-refractivity contribution is 6.06. The molecule has 1 heterocycles. The van der Waals surface area contributed by atoms with Crippen molar-refractivity contribution in [3.8, 4) is 0 Å². The Morgan fingerprint density at radius 1 is 1.08 bits per heavy atom. The molecule has 0 atom stereocenters. The van der Waals surface area contributed by atoms with Crippen LogP contribution in [0.5, 0.6) is 0 Å². The third-order valence-corrected chi connectivity index (χ3v) is 3.80. The van der Waals surface area contributed by atoms with Crippen LogP contribution in [-0.4, -0.2) is 10.9 Å². The molecule has 25 heavy (non-hydrogen) atoms. The van der Waals surface area contributed by atoms with Gasteiger partial charge in [-0.15, -0.1) is 0 Å². The molecule has 1 amide bonds. The fourth-order valence-corrected chi connectivity index (χ4v) is 2.63. The molecule has 3 nitrogen and oxygen atoms in total. The molecule has 128 valence electrons. The van der Waals surface area contributed by atoms with Gasteiger partial charge in [0, 0.05) is 17.6 Å². The van der Waals surface area contributed by atoms with Crippen LogP contribution in [0.2, 0.25) is 0 Å². The Kier molecular flexibility index (Phi) is 4.44. The summed E-state index contributed by atoms with van der Waals surface area (Å²) in [5.74, 6) is -0.348. The maximum absolute atomic E-state index is 12.8. The third-order valence-electron chi connectivity index (χ3n) is 3.80. The summed E-state index contributed by atoms with van der Waals surface area (Å²) in [4.78, 5) is 16.9. The van der Waals surface area contributed by atoms with Crippen molar-refractivity contribution in [3.05, 3.63) is 77.0 Å². The number of pyridine rings is 1. The Balaban J connectivity index is 1.82. The smallest absolute Gasteiger partial charge is 0.348 e. The zero-order valence-electron chi connectivity index (χ0n) is 13.4. The molecule has 0 fully saturated rings. The number of amides is 1. The predicted octanol–water partition coefficient (Wildman–Crippen LogP) is 4.49. The van der Waals surface area contributed by atoms with Crippen LogP contribution < -0.4 is 5.32 Å². The maximum Gasteiger partial charge on any atom is 0.416 e. The average molecular weight is 344 g/mol. The van der Waals surface area contributed by atoms with Crippen LogP contribution in [0.3, 0.4) is 0 Å². The number of hydrogen-bond donors (Lipinski definition) is 1. The van der Waals surface area contributed by atoms with Crippen molar-refractivity contribution in [2.75, 3.05) is 0 Å². The first-order valence-corrected chi connectivity index (χ1v) is 7.65. The van der Waals surface area contributed by atoms with Gasteiger partial charge >= 0.3 is 6.18 Å². The van der Waals surface area contributed by atoms with E-state index in [0.29, 0.717) is 27.7 Å². The fourth-order valence-electron chi connectivity index (χ4n) is 2.63. The van der Waals surface area contributed by atoms with Gasteiger partial charge in [-0.1, -0.05) is 30.3 Å². The summed E-state index contributed by atoms with van der Waals surface area (Å²) in [5, 5.41) is 3.38. The second-order valence-electron chi connectivity index (χ2n) is 5.71. The summed E-state index contributed by atoms with van der Waals surface area (Å²) in [6, 6.07) is 13.8. The number of carbonyl (C=O) groups excluding carboxylic acids is 1. The van der Waals surface area contributed by atoms with Crippen molar-refractivity contribution >= 4 is 16.8 Å². The maximum atomic E-state index is 12.8. The molecule has 0 aliphatic rings. The Bertz CT molecular complexity index is 935.